The van der Waals surface area contributed by atoms with Crippen LogP contribution in [0.2, 0.25) is 0 Å². The van der Waals surface area contributed by atoms with Crippen molar-refractivity contribution in [2.24, 2.45) is 5.92 Å². The summed E-state index contributed by atoms with van der Waals surface area (Å²) in [4.78, 5) is 31.3. The van der Waals surface area contributed by atoms with Gasteiger partial charge in [-0.15, -0.1) is 0 Å². The van der Waals surface area contributed by atoms with Gasteiger partial charge in [-0.05, 0) is 57.7 Å². The summed E-state index contributed by atoms with van der Waals surface area (Å²) in [7, 11) is 0. The lowest BCUT2D eigenvalue weighted by Crippen LogP contribution is -2.47. The molecule has 1 unspecified atom stereocenters. The van der Waals surface area contributed by atoms with Crippen molar-refractivity contribution in [1.82, 2.24) is 14.7 Å². The molecule has 0 aliphatic carbocycles. The fraction of sp³-hybridized carbons (Fsp3) is 0.652. The van der Waals surface area contributed by atoms with Crippen molar-refractivity contribution in [2.45, 2.75) is 39.0 Å². The zero-order chi connectivity index (χ0) is 20.5. The van der Waals surface area contributed by atoms with Crippen LogP contribution in [0, 0.1) is 5.92 Å². The summed E-state index contributed by atoms with van der Waals surface area (Å²) in [6, 6.07) is 10.6. The molecular formula is C23H35N3O3. The van der Waals surface area contributed by atoms with Crippen molar-refractivity contribution in [3.8, 4) is 0 Å². The van der Waals surface area contributed by atoms with Gasteiger partial charge in [-0.25, -0.2) is 4.79 Å². The van der Waals surface area contributed by atoms with Crippen LogP contribution in [0.4, 0.5) is 4.79 Å². The lowest BCUT2D eigenvalue weighted by Gasteiger charge is -2.34. The molecule has 0 bridgehead atoms. The predicted molar refractivity (Wildman–Crippen MR) is 114 cm³/mol. The molecule has 1 aromatic carbocycles. The van der Waals surface area contributed by atoms with Gasteiger partial charge in [0, 0.05) is 32.7 Å². The number of likely N-dealkylation sites (tertiary alicyclic amines) is 1. The third-order valence-corrected chi connectivity index (χ3v) is 5.98. The molecule has 0 saturated carbocycles. The molecule has 2 fully saturated rings. The second-order valence-electron chi connectivity index (χ2n) is 8.09. The summed E-state index contributed by atoms with van der Waals surface area (Å²) in [5.74, 6) is 0.128. The molecule has 6 nitrogen and oxygen atoms in total. The topological polar surface area (TPSA) is 53.1 Å². The van der Waals surface area contributed by atoms with Gasteiger partial charge in [0.15, 0.2) is 0 Å². The molecule has 2 saturated heterocycles. The van der Waals surface area contributed by atoms with E-state index in [0.29, 0.717) is 19.7 Å². The number of benzene rings is 1. The smallest absolute Gasteiger partial charge is 0.409 e. The van der Waals surface area contributed by atoms with E-state index in [9.17, 15) is 9.59 Å². The Morgan fingerprint density at radius 3 is 2.59 bits per heavy atom. The van der Waals surface area contributed by atoms with E-state index >= 15 is 0 Å². The number of carbonyl (C=O) groups is 2. The number of piperidine rings is 1. The summed E-state index contributed by atoms with van der Waals surface area (Å²) in [6.45, 7) is 8.06. The van der Waals surface area contributed by atoms with Gasteiger partial charge in [0.25, 0.3) is 0 Å². The Balaban J connectivity index is 1.43. The molecule has 2 heterocycles. The lowest BCUT2D eigenvalue weighted by atomic mass is 9.96. The van der Waals surface area contributed by atoms with Crippen molar-refractivity contribution in [1.29, 1.82) is 0 Å². The molecule has 1 aromatic rings. The molecule has 160 valence electrons. The summed E-state index contributed by atoms with van der Waals surface area (Å²) >= 11 is 0. The predicted octanol–water partition coefficient (Wildman–Crippen LogP) is 3.02. The van der Waals surface area contributed by atoms with Gasteiger partial charge in [-0.3, -0.25) is 4.79 Å². The van der Waals surface area contributed by atoms with Crippen LogP contribution >= 0.6 is 0 Å². The van der Waals surface area contributed by atoms with Crippen LogP contribution in [0.3, 0.4) is 0 Å². The Kier molecular flexibility index (Phi) is 8.35. The number of amides is 2. The van der Waals surface area contributed by atoms with Crippen LogP contribution in [0.15, 0.2) is 30.3 Å². The minimum atomic E-state index is -0.287. The molecule has 3 rings (SSSR count). The van der Waals surface area contributed by atoms with Gasteiger partial charge < -0.3 is 19.4 Å². The maximum absolute atomic E-state index is 13.1. The molecule has 0 radical (unpaired) electrons. The highest BCUT2D eigenvalue weighted by Gasteiger charge is 2.32. The quantitative estimate of drug-likeness (QED) is 0.735. The van der Waals surface area contributed by atoms with E-state index < -0.39 is 0 Å². The van der Waals surface area contributed by atoms with Crippen LogP contribution in [-0.2, 0) is 16.0 Å². The van der Waals surface area contributed by atoms with E-state index in [-0.39, 0.29) is 17.9 Å². The van der Waals surface area contributed by atoms with Crippen molar-refractivity contribution in [2.75, 3.05) is 52.4 Å². The molecule has 0 N–H and O–H groups in total. The molecule has 29 heavy (non-hydrogen) atoms. The lowest BCUT2D eigenvalue weighted by molar-refractivity contribution is -0.136. The number of ether oxygens (including phenoxy) is 1. The van der Waals surface area contributed by atoms with E-state index in [2.05, 4.69) is 35.2 Å². The van der Waals surface area contributed by atoms with Crippen LogP contribution in [0.1, 0.15) is 38.2 Å². The normalized spacial score (nSPS) is 20.9. The number of nitrogens with zero attached hydrogens (tertiary/aromatic N) is 3. The summed E-state index contributed by atoms with van der Waals surface area (Å²) in [6.07, 6.45) is 4.72. The Morgan fingerprint density at radius 2 is 1.79 bits per heavy atom. The van der Waals surface area contributed by atoms with E-state index in [1.54, 1.807) is 4.90 Å². The van der Waals surface area contributed by atoms with Crippen molar-refractivity contribution in [3.05, 3.63) is 35.9 Å². The van der Waals surface area contributed by atoms with Gasteiger partial charge in [0.1, 0.15) is 0 Å². The first-order valence-corrected chi connectivity index (χ1v) is 11.1. The fourth-order valence-corrected chi connectivity index (χ4v) is 4.38. The minimum Gasteiger partial charge on any atom is -0.450 e. The third kappa shape index (κ3) is 6.46. The van der Waals surface area contributed by atoms with E-state index in [0.717, 1.165) is 64.8 Å². The van der Waals surface area contributed by atoms with Gasteiger partial charge in [0.05, 0.1) is 12.5 Å². The first kappa shape index (κ1) is 21.6. The van der Waals surface area contributed by atoms with Gasteiger partial charge in [-0.2, -0.15) is 0 Å². The first-order chi connectivity index (χ1) is 14.2. The highest BCUT2D eigenvalue weighted by molar-refractivity contribution is 5.80. The van der Waals surface area contributed by atoms with Crippen molar-refractivity contribution < 1.29 is 14.3 Å². The molecule has 0 aromatic heterocycles. The van der Waals surface area contributed by atoms with Crippen LogP contribution in [0.25, 0.3) is 0 Å². The first-order valence-electron chi connectivity index (χ1n) is 11.1. The zero-order valence-electron chi connectivity index (χ0n) is 17.7. The number of carbonyl (C=O) groups excluding carboxylic acids is 2. The Morgan fingerprint density at radius 1 is 1.00 bits per heavy atom. The molecule has 0 spiro atoms. The molecular weight excluding hydrogens is 366 g/mol. The standard InChI is InChI=1S/C23H35N3O3/c1-2-29-23(28)26-15-7-12-21(19-26)22(27)25-16-8-14-24(17-18-25)13-6-11-20-9-4-3-5-10-20/h3-5,9-10,21H,2,6-8,11-19H2,1H3. The molecule has 2 aliphatic heterocycles. The molecule has 2 amide bonds. The average Bonchev–Trinajstić information content (AvgIpc) is 3.00. The second kappa shape index (κ2) is 11.2. The maximum atomic E-state index is 13.1. The average molecular weight is 402 g/mol. The monoisotopic (exact) mass is 401 g/mol. The van der Waals surface area contributed by atoms with Gasteiger partial charge >= 0.3 is 6.09 Å². The Bertz CT molecular complexity index is 652. The molecule has 1 atom stereocenters. The third-order valence-electron chi connectivity index (χ3n) is 5.98. The van der Waals surface area contributed by atoms with Crippen LogP contribution < -0.4 is 0 Å². The van der Waals surface area contributed by atoms with E-state index in [4.69, 9.17) is 4.74 Å². The number of hydrogen-bond donors (Lipinski definition) is 0. The van der Waals surface area contributed by atoms with Crippen molar-refractivity contribution >= 4 is 12.0 Å². The van der Waals surface area contributed by atoms with E-state index in [1.807, 2.05) is 11.8 Å². The Hall–Kier alpha value is -2.08. The van der Waals surface area contributed by atoms with E-state index in [1.165, 1.54) is 5.56 Å². The summed E-state index contributed by atoms with van der Waals surface area (Å²) in [5, 5.41) is 0. The minimum absolute atomic E-state index is 0.0854. The van der Waals surface area contributed by atoms with Crippen LogP contribution in [0.5, 0.6) is 0 Å². The molecule has 2 aliphatic rings. The Labute approximate surface area is 174 Å². The number of aryl methyl sites for hydroxylation is 1. The van der Waals surface area contributed by atoms with Gasteiger partial charge in [-0.1, -0.05) is 30.3 Å². The van der Waals surface area contributed by atoms with Gasteiger partial charge in [0.2, 0.25) is 5.91 Å². The SMILES string of the molecule is CCOC(=O)N1CCCC(C(=O)N2CCCN(CCCc3ccccc3)CC2)C1. The zero-order valence-corrected chi connectivity index (χ0v) is 17.7. The van der Waals surface area contributed by atoms with Crippen molar-refractivity contribution in [3.63, 3.8) is 0 Å². The second-order valence-corrected chi connectivity index (χ2v) is 8.09. The molecule has 6 heteroatoms. The van der Waals surface area contributed by atoms with Crippen LogP contribution in [-0.4, -0.2) is 79.1 Å². The number of rotatable bonds is 6. The number of hydrogen-bond acceptors (Lipinski definition) is 4. The highest BCUT2D eigenvalue weighted by Crippen LogP contribution is 2.20. The summed E-state index contributed by atoms with van der Waals surface area (Å²) in [5.41, 5.74) is 1.39. The highest BCUT2D eigenvalue weighted by atomic mass is 16.6. The largest absolute Gasteiger partial charge is 0.450 e. The maximum Gasteiger partial charge on any atom is 0.409 e. The summed E-state index contributed by atoms with van der Waals surface area (Å²) < 4.78 is 5.11. The fourth-order valence-electron chi connectivity index (χ4n) is 4.38.